The van der Waals surface area contributed by atoms with Crippen molar-refractivity contribution in [3.8, 4) is 5.69 Å². The van der Waals surface area contributed by atoms with Crippen LogP contribution in [-0.2, 0) is 4.79 Å². The lowest BCUT2D eigenvalue weighted by atomic mass is 9.90. The molecule has 0 aliphatic carbocycles. The van der Waals surface area contributed by atoms with E-state index in [-0.39, 0.29) is 24.5 Å². The minimum absolute atomic E-state index is 0.00850. The average molecular weight is 454 g/mol. The van der Waals surface area contributed by atoms with Crippen molar-refractivity contribution in [2.75, 3.05) is 0 Å². The first kappa shape index (κ1) is 21.2. The highest BCUT2D eigenvalue weighted by Crippen LogP contribution is 2.33. The number of ketones is 1. The second kappa shape index (κ2) is 8.68. The number of para-hydroxylation sites is 2. The third-order valence-electron chi connectivity index (χ3n) is 6.07. The molecule has 0 bridgehead atoms. The zero-order valence-electron chi connectivity index (χ0n) is 18.2. The normalized spacial score (nSPS) is 12.3. The Morgan fingerprint density at radius 2 is 1.42 bits per heavy atom. The molecule has 0 amide bonds. The first-order chi connectivity index (χ1) is 16.0. The third kappa shape index (κ3) is 4.08. The molecule has 1 unspecified atom stereocenters. The second-order valence-corrected chi connectivity index (χ2v) is 9.58. The van der Waals surface area contributed by atoms with Crippen molar-refractivity contribution in [3.63, 3.8) is 0 Å². The van der Waals surface area contributed by atoms with Crippen molar-refractivity contribution in [2.24, 2.45) is 0 Å². The summed E-state index contributed by atoms with van der Waals surface area (Å²) in [6, 6.07) is 28.3. The van der Waals surface area contributed by atoms with Crippen LogP contribution in [0.15, 0.2) is 84.9 Å². The summed E-state index contributed by atoms with van der Waals surface area (Å²) in [5.41, 5.74) is 4.11. The highest BCUT2D eigenvalue weighted by atomic mass is 32.1. The molecule has 4 nitrogen and oxygen atoms in total. The molecule has 5 aromatic rings. The summed E-state index contributed by atoms with van der Waals surface area (Å²) in [5, 5.41) is 11.8. The number of carboxylic acid groups (broad SMARTS) is 1. The Labute approximate surface area is 195 Å². The van der Waals surface area contributed by atoms with Gasteiger partial charge in [0.2, 0.25) is 0 Å². The highest BCUT2D eigenvalue weighted by Gasteiger charge is 2.21. The van der Waals surface area contributed by atoms with Gasteiger partial charge in [-0.1, -0.05) is 48.5 Å². The number of aryl methyl sites for hydroxylation is 1. The molecule has 0 saturated heterocycles. The van der Waals surface area contributed by atoms with Gasteiger partial charge in [0.25, 0.3) is 0 Å². The van der Waals surface area contributed by atoms with Gasteiger partial charge >= 0.3 is 5.97 Å². The zero-order chi connectivity index (χ0) is 22.9. The summed E-state index contributed by atoms with van der Waals surface area (Å²) in [6.45, 7) is 1.96. The third-order valence-corrected chi connectivity index (χ3v) is 7.11. The maximum Gasteiger partial charge on any atom is 0.303 e. The van der Waals surface area contributed by atoms with Crippen molar-refractivity contribution in [3.05, 3.63) is 100 Å². The fraction of sp³-hybridized carbons (Fsp3) is 0.143. The van der Waals surface area contributed by atoms with Gasteiger partial charge in [0.05, 0.1) is 22.3 Å². The number of hydrogen-bond donors (Lipinski definition) is 1. The largest absolute Gasteiger partial charge is 0.481 e. The summed E-state index contributed by atoms with van der Waals surface area (Å²) in [4.78, 5) is 26.1. The summed E-state index contributed by atoms with van der Waals surface area (Å²) in [6.07, 6.45) is 0.103. The molecule has 3 aromatic carbocycles. The van der Waals surface area contributed by atoms with Crippen LogP contribution in [0.4, 0.5) is 0 Å². The molecular formula is C28H23NO3S. The SMILES string of the molecule is Cc1ccc(C(=O)CC(CC(=O)O)c2ccc(-n3c4ccccc4c4ccccc43)cc2)s1. The van der Waals surface area contributed by atoms with Crippen LogP contribution in [0.5, 0.6) is 0 Å². The number of rotatable bonds is 7. The number of benzene rings is 3. The fourth-order valence-corrected chi connectivity index (χ4v) is 5.34. The predicted octanol–water partition coefficient (Wildman–Crippen LogP) is 6.98. The second-order valence-electron chi connectivity index (χ2n) is 8.29. The molecule has 5 rings (SSSR count). The molecule has 1 atom stereocenters. The first-order valence-corrected chi connectivity index (χ1v) is 11.7. The van der Waals surface area contributed by atoms with Crippen molar-refractivity contribution in [1.82, 2.24) is 4.57 Å². The van der Waals surface area contributed by atoms with E-state index in [9.17, 15) is 14.7 Å². The van der Waals surface area contributed by atoms with E-state index in [0.29, 0.717) is 4.88 Å². The summed E-state index contributed by atoms with van der Waals surface area (Å²) >= 11 is 1.45. The summed E-state index contributed by atoms with van der Waals surface area (Å²) in [5.74, 6) is -1.28. The highest BCUT2D eigenvalue weighted by molar-refractivity contribution is 7.14. The molecule has 0 radical (unpaired) electrons. The van der Waals surface area contributed by atoms with Crippen LogP contribution in [0.1, 0.15) is 38.9 Å². The quantitative estimate of drug-likeness (QED) is 0.270. The fourth-order valence-electron chi connectivity index (χ4n) is 4.52. The van der Waals surface area contributed by atoms with E-state index >= 15 is 0 Å². The van der Waals surface area contributed by atoms with Crippen LogP contribution in [0.3, 0.4) is 0 Å². The Morgan fingerprint density at radius 1 is 0.818 bits per heavy atom. The van der Waals surface area contributed by atoms with Crippen molar-refractivity contribution in [2.45, 2.75) is 25.7 Å². The van der Waals surface area contributed by atoms with Gasteiger partial charge in [0.15, 0.2) is 5.78 Å². The lowest BCUT2D eigenvalue weighted by molar-refractivity contribution is -0.137. The Hall–Kier alpha value is -3.70. The van der Waals surface area contributed by atoms with Gasteiger partial charge in [-0.2, -0.15) is 0 Å². The molecule has 0 aliphatic heterocycles. The molecule has 0 fully saturated rings. The molecule has 5 heteroatoms. The topological polar surface area (TPSA) is 59.3 Å². The van der Waals surface area contributed by atoms with E-state index in [0.717, 1.165) is 27.2 Å². The molecule has 2 heterocycles. The molecule has 33 heavy (non-hydrogen) atoms. The van der Waals surface area contributed by atoms with E-state index in [1.807, 2.05) is 67.6 Å². The van der Waals surface area contributed by atoms with Crippen LogP contribution in [-0.4, -0.2) is 21.4 Å². The van der Waals surface area contributed by atoms with Gasteiger partial charge in [-0.15, -0.1) is 11.3 Å². The maximum atomic E-state index is 12.8. The molecule has 0 spiro atoms. The van der Waals surface area contributed by atoms with Crippen LogP contribution in [0.2, 0.25) is 0 Å². The molecule has 164 valence electrons. The Morgan fingerprint density at radius 3 is 1.97 bits per heavy atom. The monoisotopic (exact) mass is 453 g/mol. The smallest absolute Gasteiger partial charge is 0.303 e. The van der Waals surface area contributed by atoms with Gasteiger partial charge in [-0.3, -0.25) is 9.59 Å². The van der Waals surface area contributed by atoms with Gasteiger partial charge in [0, 0.05) is 33.7 Å². The lowest BCUT2D eigenvalue weighted by Gasteiger charge is -2.16. The molecule has 2 aromatic heterocycles. The number of carbonyl (C=O) groups excluding carboxylic acids is 1. The predicted molar refractivity (Wildman–Crippen MR) is 134 cm³/mol. The first-order valence-electron chi connectivity index (χ1n) is 10.9. The van der Waals surface area contributed by atoms with Crippen LogP contribution >= 0.6 is 11.3 Å². The van der Waals surface area contributed by atoms with E-state index in [4.69, 9.17) is 0 Å². The number of carboxylic acids is 1. The molecule has 0 aliphatic rings. The standard InChI is InChI=1S/C28H23NO3S/c1-18-10-15-27(33-18)26(30)16-20(17-28(31)32)19-11-13-21(14-12-19)29-24-8-4-2-6-22(24)23-7-3-5-9-25(23)29/h2-15,20H,16-17H2,1H3,(H,31,32). The maximum absolute atomic E-state index is 12.8. The lowest BCUT2D eigenvalue weighted by Crippen LogP contribution is -2.11. The van der Waals surface area contributed by atoms with Gasteiger partial charge < -0.3 is 9.67 Å². The minimum Gasteiger partial charge on any atom is -0.481 e. The molecule has 1 N–H and O–H groups in total. The Kier molecular flexibility index (Phi) is 5.56. The van der Waals surface area contributed by atoms with E-state index < -0.39 is 5.97 Å². The number of Topliss-reactive ketones (excluding diaryl/α,β-unsaturated/α-hetero) is 1. The van der Waals surface area contributed by atoms with E-state index in [1.165, 1.54) is 22.1 Å². The van der Waals surface area contributed by atoms with Gasteiger partial charge in [-0.25, -0.2) is 0 Å². The number of thiophene rings is 1. The molecular weight excluding hydrogens is 430 g/mol. The zero-order valence-corrected chi connectivity index (χ0v) is 19.0. The van der Waals surface area contributed by atoms with Crippen molar-refractivity contribution >= 4 is 44.9 Å². The number of nitrogens with zero attached hydrogens (tertiary/aromatic N) is 1. The Balaban J connectivity index is 1.51. The number of carbonyl (C=O) groups is 2. The number of fused-ring (bicyclic) bond motifs is 3. The van der Waals surface area contributed by atoms with E-state index in [2.05, 4.69) is 28.8 Å². The Bertz CT molecular complexity index is 1420. The van der Waals surface area contributed by atoms with Crippen LogP contribution in [0, 0.1) is 6.92 Å². The van der Waals surface area contributed by atoms with Gasteiger partial charge in [-0.05, 0) is 48.9 Å². The van der Waals surface area contributed by atoms with Crippen molar-refractivity contribution < 1.29 is 14.7 Å². The van der Waals surface area contributed by atoms with Crippen LogP contribution < -0.4 is 0 Å². The van der Waals surface area contributed by atoms with Crippen LogP contribution in [0.25, 0.3) is 27.5 Å². The average Bonchev–Trinajstić information content (AvgIpc) is 3.40. The van der Waals surface area contributed by atoms with Gasteiger partial charge in [0.1, 0.15) is 0 Å². The summed E-state index contributed by atoms with van der Waals surface area (Å²) < 4.78 is 2.22. The number of hydrogen-bond acceptors (Lipinski definition) is 3. The number of aliphatic carboxylic acids is 1. The number of aromatic nitrogens is 1. The van der Waals surface area contributed by atoms with E-state index in [1.54, 1.807) is 0 Å². The minimum atomic E-state index is -0.901. The van der Waals surface area contributed by atoms with Crippen molar-refractivity contribution in [1.29, 1.82) is 0 Å². The molecule has 0 saturated carbocycles. The summed E-state index contributed by atoms with van der Waals surface area (Å²) in [7, 11) is 0.